The van der Waals surface area contributed by atoms with Crippen LogP contribution < -0.4 is 4.74 Å². The second kappa shape index (κ2) is 9.96. The Bertz CT molecular complexity index is 1030. The molecule has 0 saturated carbocycles. The van der Waals surface area contributed by atoms with Gasteiger partial charge in [0, 0.05) is 18.7 Å². The number of ether oxygens (including phenoxy) is 1. The zero-order valence-electron chi connectivity index (χ0n) is 18.9. The number of likely N-dealkylation sites (N-methyl/N-ethyl adjacent to an activating group) is 1. The first-order valence-corrected chi connectivity index (χ1v) is 10.7. The van der Waals surface area contributed by atoms with Gasteiger partial charge in [0.25, 0.3) is 11.7 Å². The van der Waals surface area contributed by atoms with Crippen molar-refractivity contribution < 1.29 is 23.8 Å². The number of aryl methyl sites for hydroxylation is 1. The fourth-order valence-electron chi connectivity index (χ4n) is 3.74. The van der Waals surface area contributed by atoms with Crippen molar-refractivity contribution in [3.63, 3.8) is 0 Å². The topological polar surface area (TPSA) is 70.1 Å². The molecule has 1 fully saturated rings. The molecule has 1 saturated heterocycles. The van der Waals surface area contributed by atoms with Crippen LogP contribution in [0.3, 0.4) is 0 Å². The Morgan fingerprint density at radius 2 is 1.84 bits per heavy atom. The van der Waals surface area contributed by atoms with E-state index < -0.39 is 23.5 Å². The third kappa shape index (κ3) is 4.83. The lowest BCUT2D eigenvalue weighted by molar-refractivity contribution is -0.140. The lowest BCUT2D eigenvalue weighted by atomic mass is 9.94. The highest BCUT2D eigenvalue weighted by Crippen LogP contribution is 2.39. The van der Waals surface area contributed by atoms with Gasteiger partial charge in [-0.3, -0.25) is 9.59 Å². The fourth-order valence-corrected chi connectivity index (χ4v) is 3.74. The molecule has 7 heteroatoms. The van der Waals surface area contributed by atoms with Crippen LogP contribution in [0.2, 0.25) is 0 Å². The zero-order valence-corrected chi connectivity index (χ0v) is 18.9. The SMILES string of the molecule is CCCOc1ccc(C(O)=C2C(=O)C(=O)N(CCN(C)C)[C@H]2c2ccc(F)cc2)cc1C. The second-order valence-corrected chi connectivity index (χ2v) is 8.18. The van der Waals surface area contributed by atoms with Crippen LogP contribution in [0.1, 0.15) is 36.1 Å². The molecule has 2 aromatic rings. The van der Waals surface area contributed by atoms with Gasteiger partial charge in [-0.15, -0.1) is 0 Å². The molecule has 0 spiro atoms. The zero-order chi connectivity index (χ0) is 23.4. The van der Waals surface area contributed by atoms with Crippen molar-refractivity contribution in [2.24, 2.45) is 0 Å². The van der Waals surface area contributed by atoms with E-state index in [1.165, 1.54) is 29.2 Å². The number of amides is 1. The number of carbonyl (C=O) groups excluding carboxylic acids is 2. The Labute approximate surface area is 187 Å². The summed E-state index contributed by atoms with van der Waals surface area (Å²) >= 11 is 0. The molecule has 0 aromatic heterocycles. The fraction of sp³-hybridized carbons (Fsp3) is 0.360. The van der Waals surface area contributed by atoms with E-state index in [2.05, 4.69) is 0 Å². The van der Waals surface area contributed by atoms with Gasteiger partial charge in [-0.05, 0) is 68.9 Å². The standard InChI is InChI=1S/C25H29FN2O4/c1-5-14-32-20-11-8-18(15-16(20)2)23(29)21-22(17-6-9-19(26)10-7-17)28(13-12-27(3)4)25(31)24(21)30/h6-11,15,22,29H,5,12-14H2,1-4H3/t22-/m0/s1. The molecule has 1 aliphatic heterocycles. The maximum Gasteiger partial charge on any atom is 0.295 e. The van der Waals surface area contributed by atoms with E-state index in [1.54, 1.807) is 18.2 Å². The van der Waals surface area contributed by atoms with Gasteiger partial charge in [0.05, 0.1) is 18.2 Å². The summed E-state index contributed by atoms with van der Waals surface area (Å²) in [6.07, 6.45) is 0.870. The monoisotopic (exact) mass is 440 g/mol. The van der Waals surface area contributed by atoms with E-state index in [9.17, 15) is 19.1 Å². The van der Waals surface area contributed by atoms with Gasteiger partial charge in [-0.25, -0.2) is 4.39 Å². The molecular weight excluding hydrogens is 411 g/mol. The molecule has 1 amide bonds. The van der Waals surface area contributed by atoms with E-state index >= 15 is 0 Å². The molecule has 0 radical (unpaired) electrons. The van der Waals surface area contributed by atoms with E-state index in [-0.39, 0.29) is 11.3 Å². The van der Waals surface area contributed by atoms with Crippen LogP contribution in [0.15, 0.2) is 48.0 Å². The highest BCUT2D eigenvalue weighted by Gasteiger charge is 2.45. The van der Waals surface area contributed by atoms with E-state index in [1.807, 2.05) is 32.8 Å². The Balaban J connectivity index is 2.09. The van der Waals surface area contributed by atoms with E-state index in [0.29, 0.717) is 36.6 Å². The number of likely N-dealkylation sites (tertiary alicyclic amines) is 1. The third-order valence-electron chi connectivity index (χ3n) is 5.42. The Kier molecular flexibility index (Phi) is 7.30. The molecule has 6 nitrogen and oxygen atoms in total. The molecule has 1 N–H and O–H groups in total. The van der Waals surface area contributed by atoms with Crippen molar-refractivity contribution in [2.45, 2.75) is 26.3 Å². The van der Waals surface area contributed by atoms with Gasteiger partial charge < -0.3 is 19.6 Å². The van der Waals surface area contributed by atoms with Gasteiger partial charge in [-0.2, -0.15) is 0 Å². The predicted octanol–water partition coefficient (Wildman–Crippen LogP) is 3.91. The minimum absolute atomic E-state index is 0.00184. The average molecular weight is 441 g/mol. The number of halogens is 1. The Morgan fingerprint density at radius 1 is 1.16 bits per heavy atom. The highest BCUT2D eigenvalue weighted by atomic mass is 19.1. The lowest BCUT2D eigenvalue weighted by Gasteiger charge is -2.26. The molecule has 0 aliphatic carbocycles. The third-order valence-corrected chi connectivity index (χ3v) is 5.42. The Morgan fingerprint density at radius 3 is 2.44 bits per heavy atom. The second-order valence-electron chi connectivity index (χ2n) is 8.18. The number of Topliss-reactive ketones (excluding diaryl/α,β-unsaturated/α-hetero) is 1. The summed E-state index contributed by atoms with van der Waals surface area (Å²) in [6.45, 7) is 5.27. The maximum absolute atomic E-state index is 13.5. The van der Waals surface area contributed by atoms with Crippen molar-refractivity contribution in [1.82, 2.24) is 9.80 Å². The van der Waals surface area contributed by atoms with Crippen LogP contribution >= 0.6 is 0 Å². The number of rotatable bonds is 8. The van der Waals surface area contributed by atoms with Crippen LogP contribution in [-0.2, 0) is 9.59 Å². The summed E-state index contributed by atoms with van der Waals surface area (Å²) in [7, 11) is 3.74. The molecule has 0 unspecified atom stereocenters. The van der Waals surface area contributed by atoms with Crippen molar-refractivity contribution in [3.05, 3.63) is 70.5 Å². The normalized spacial score (nSPS) is 17.9. The quantitative estimate of drug-likeness (QED) is 0.383. The van der Waals surface area contributed by atoms with Gasteiger partial charge in [0.1, 0.15) is 17.3 Å². The maximum atomic E-state index is 13.5. The summed E-state index contributed by atoms with van der Waals surface area (Å²) in [6, 6.07) is 9.99. The molecule has 3 rings (SSSR count). The summed E-state index contributed by atoms with van der Waals surface area (Å²) < 4.78 is 19.2. The number of hydrogen-bond acceptors (Lipinski definition) is 5. The molecule has 2 aromatic carbocycles. The smallest absolute Gasteiger partial charge is 0.295 e. The summed E-state index contributed by atoms with van der Waals surface area (Å²) in [5.74, 6) is -1.40. The van der Waals surface area contributed by atoms with Gasteiger partial charge in [0.15, 0.2) is 0 Å². The number of ketones is 1. The molecule has 1 aliphatic rings. The van der Waals surface area contributed by atoms with Crippen molar-refractivity contribution >= 4 is 17.4 Å². The van der Waals surface area contributed by atoms with Crippen LogP contribution in [0.5, 0.6) is 5.75 Å². The first-order valence-electron chi connectivity index (χ1n) is 10.7. The Hall–Kier alpha value is -3.19. The first kappa shape index (κ1) is 23.5. The summed E-state index contributed by atoms with van der Waals surface area (Å²) in [5, 5.41) is 11.1. The van der Waals surface area contributed by atoms with Crippen molar-refractivity contribution in [3.8, 4) is 5.75 Å². The van der Waals surface area contributed by atoms with Gasteiger partial charge in [0.2, 0.25) is 0 Å². The van der Waals surface area contributed by atoms with Crippen LogP contribution in [0, 0.1) is 12.7 Å². The van der Waals surface area contributed by atoms with E-state index in [4.69, 9.17) is 4.74 Å². The van der Waals surface area contributed by atoms with Crippen molar-refractivity contribution in [1.29, 1.82) is 0 Å². The largest absolute Gasteiger partial charge is 0.507 e. The molecule has 170 valence electrons. The van der Waals surface area contributed by atoms with Gasteiger partial charge >= 0.3 is 0 Å². The average Bonchev–Trinajstić information content (AvgIpc) is 3.01. The van der Waals surface area contributed by atoms with Crippen LogP contribution in [0.25, 0.3) is 5.76 Å². The summed E-state index contributed by atoms with van der Waals surface area (Å²) in [5.41, 5.74) is 1.79. The minimum atomic E-state index is -0.799. The van der Waals surface area contributed by atoms with E-state index in [0.717, 1.165) is 12.0 Å². The number of nitrogens with zero attached hydrogens (tertiary/aromatic N) is 2. The number of carbonyl (C=O) groups is 2. The van der Waals surface area contributed by atoms with Crippen LogP contribution in [-0.4, -0.2) is 60.4 Å². The number of benzene rings is 2. The predicted molar refractivity (Wildman–Crippen MR) is 121 cm³/mol. The minimum Gasteiger partial charge on any atom is -0.507 e. The van der Waals surface area contributed by atoms with Gasteiger partial charge in [-0.1, -0.05) is 19.1 Å². The molecule has 1 heterocycles. The summed E-state index contributed by atoms with van der Waals surface area (Å²) in [4.78, 5) is 29.2. The lowest BCUT2D eigenvalue weighted by Crippen LogP contribution is -2.35. The van der Waals surface area contributed by atoms with Crippen molar-refractivity contribution in [2.75, 3.05) is 33.8 Å². The number of hydrogen-bond donors (Lipinski definition) is 1. The highest BCUT2D eigenvalue weighted by molar-refractivity contribution is 6.46. The number of aliphatic hydroxyl groups is 1. The molecule has 0 bridgehead atoms. The molecule has 1 atom stereocenters. The molecule has 32 heavy (non-hydrogen) atoms. The molecular formula is C25H29FN2O4. The first-order chi connectivity index (χ1) is 15.2. The van der Waals surface area contributed by atoms with Crippen LogP contribution in [0.4, 0.5) is 4.39 Å². The number of aliphatic hydroxyl groups excluding tert-OH is 1.